The Balaban J connectivity index is 1.28. The Hall–Kier alpha value is -3.06. The zero-order chi connectivity index (χ0) is 23.9. The van der Waals surface area contributed by atoms with Crippen LogP contribution in [0.3, 0.4) is 0 Å². The lowest BCUT2D eigenvalue weighted by Gasteiger charge is -2.27. The Kier molecular flexibility index (Phi) is 5.98. The van der Waals surface area contributed by atoms with E-state index in [2.05, 4.69) is 89.9 Å². The second kappa shape index (κ2) is 8.95. The molecule has 34 heavy (non-hydrogen) atoms. The number of H-pyrrole nitrogens is 1. The summed E-state index contributed by atoms with van der Waals surface area (Å²) in [6.07, 6.45) is 0.861. The highest BCUT2D eigenvalue weighted by atomic mass is 32.2. The van der Waals surface area contributed by atoms with Crippen LogP contribution in [0.15, 0.2) is 53.7 Å². The second-order valence-corrected chi connectivity index (χ2v) is 10.8. The van der Waals surface area contributed by atoms with E-state index < -0.39 is 0 Å². The minimum Gasteiger partial charge on any atom is -0.358 e. The number of aromatic amines is 1. The normalized spacial score (nSPS) is 13.9. The number of carbonyl (C=O) groups excluding carboxylic acids is 1. The van der Waals surface area contributed by atoms with E-state index >= 15 is 0 Å². The van der Waals surface area contributed by atoms with Crippen molar-refractivity contribution in [3.8, 4) is 11.4 Å². The van der Waals surface area contributed by atoms with Crippen LogP contribution in [0.25, 0.3) is 22.3 Å². The first-order valence-electron chi connectivity index (χ1n) is 11.9. The Morgan fingerprint density at radius 2 is 1.85 bits per heavy atom. The molecule has 0 fully saturated rings. The van der Waals surface area contributed by atoms with Crippen molar-refractivity contribution in [2.24, 2.45) is 0 Å². The number of benzene rings is 2. The molecule has 2 aromatic carbocycles. The van der Waals surface area contributed by atoms with Crippen molar-refractivity contribution < 1.29 is 4.79 Å². The van der Waals surface area contributed by atoms with Crippen molar-refractivity contribution in [2.75, 3.05) is 12.3 Å². The van der Waals surface area contributed by atoms with E-state index in [1.165, 1.54) is 34.0 Å². The number of para-hydroxylation sites is 1. The van der Waals surface area contributed by atoms with Crippen molar-refractivity contribution in [3.05, 3.63) is 65.4 Å². The smallest absolute Gasteiger partial charge is 0.233 e. The van der Waals surface area contributed by atoms with Crippen LogP contribution in [0.1, 0.15) is 44.5 Å². The average molecular weight is 474 g/mol. The largest absolute Gasteiger partial charge is 0.358 e. The molecule has 1 aliphatic rings. The molecule has 0 bridgehead atoms. The molecule has 6 nitrogen and oxygen atoms in total. The number of nitrogens with zero attached hydrogens (tertiary/aromatic N) is 4. The minimum absolute atomic E-state index is 0.111. The molecular formula is C27H31N5OS. The number of fused-ring (bicyclic) bond motifs is 3. The van der Waals surface area contributed by atoms with Gasteiger partial charge in [-0.3, -0.25) is 4.79 Å². The summed E-state index contributed by atoms with van der Waals surface area (Å²) < 4.78 is 2.10. The van der Waals surface area contributed by atoms with Gasteiger partial charge in [0.25, 0.3) is 0 Å². The molecule has 0 saturated heterocycles. The molecule has 0 atom stereocenters. The zero-order valence-corrected chi connectivity index (χ0v) is 21.1. The van der Waals surface area contributed by atoms with Gasteiger partial charge in [-0.05, 0) is 24.0 Å². The van der Waals surface area contributed by atoms with Crippen LogP contribution < -0.4 is 0 Å². The van der Waals surface area contributed by atoms with Crippen molar-refractivity contribution in [1.82, 2.24) is 24.6 Å². The van der Waals surface area contributed by atoms with E-state index in [0.29, 0.717) is 12.3 Å². The summed E-state index contributed by atoms with van der Waals surface area (Å²) in [5, 5.41) is 10.9. The van der Waals surface area contributed by atoms with Gasteiger partial charge in [0.05, 0.1) is 5.75 Å². The summed E-state index contributed by atoms with van der Waals surface area (Å²) in [6, 6.07) is 16.9. The van der Waals surface area contributed by atoms with Crippen LogP contribution >= 0.6 is 11.8 Å². The fourth-order valence-electron chi connectivity index (χ4n) is 4.61. The third-order valence-electron chi connectivity index (χ3n) is 6.60. The highest BCUT2D eigenvalue weighted by Crippen LogP contribution is 2.30. The van der Waals surface area contributed by atoms with Gasteiger partial charge >= 0.3 is 0 Å². The number of rotatable bonds is 5. The number of hydrogen-bond donors (Lipinski definition) is 1. The monoisotopic (exact) mass is 473 g/mol. The molecule has 4 aromatic rings. The molecule has 0 spiro atoms. The van der Waals surface area contributed by atoms with Crippen molar-refractivity contribution >= 4 is 28.6 Å². The standard InChI is InChI=1S/C27H31N5OS/c1-5-32-25(18-10-12-19(13-11-18)27(2,3)4)29-30-26(32)34-17-24(33)31-15-14-23-21(16-31)20-8-6-7-9-22(20)28-23/h6-13,28H,5,14-17H2,1-4H3. The van der Waals surface area contributed by atoms with Gasteiger partial charge in [0.1, 0.15) is 0 Å². The van der Waals surface area contributed by atoms with Crippen LogP contribution in [-0.4, -0.2) is 42.9 Å². The van der Waals surface area contributed by atoms with Gasteiger partial charge in [0.15, 0.2) is 11.0 Å². The van der Waals surface area contributed by atoms with Crippen LogP contribution in [0.5, 0.6) is 0 Å². The first kappa shape index (κ1) is 22.7. The minimum atomic E-state index is 0.111. The summed E-state index contributed by atoms with van der Waals surface area (Å²) >= 11 is 1.47. The van der Waals surface area contributed by atoms with Crippen LogP contribution in [-0.2, 0) is 29.7 Å². The molecule has 0 aliphatic carbocycles. The van der Waals surface area contributed by atoms with Crippen LogP contribution in [0.2, 0.25) is 0 Å². The van der Waals surface area contributed by atoms with E-state index in [0.717, 1.165) is 41.6 Å². The van der Waals surface area contributed by atoms with Gasteiger partial charge in [-0.1, -0.05) is 75.0 Å². The number of nitrogens with one attached hydrogen (secondary N) is 1. The third-order valence-corrected chi connectivity index (χ3v) is 7.55. The fourth-order valence-corrected chi connectivity index (χ4v) is 5.52. The summed E-state index contributed by atoms with van der Waals surface area (Å²) in [6.45, 7) is 10.9. The van der Waals surface area contributed by atoms with Gasteiger partial charge in [-0.15, -0.1) is 10.2 Å². The molecule has 3 heterocycles. The zero-order valence-electron chi connectivity index (χ0n) is 20.3. The lowest BCUT2D eigenvalue weighted by molar-refractivity contribution is -0.129. The fraction of sp³-hybridized carbons (Fsp3) is 0.370. The highest BCUT2D eigenvalue weighted by molar-refractivity contribution is 7.99. The molecule has 176 valence electrons. The molecule has 1 N–H and O–H groups in total. The Labute approximate surface area is 204 Å². The molecule has 1 amide bonds. The molecule has 5 rings (SSSR count). The highest BCUT2D eigenvalue weighted by Gasteiger charge is 2.25. The number of aromatic nitrogens is 4. The summed E-state index contributed by atoms with van der Waals surface area (Å²) in [5.74, 6) is 1.35. The van der Waals surface area contributed by atoms with Gasteiger partial charge in [0, 0.05) is 53.8 Å². The predicted octanol–water partition coefficient (Wildman–Crippen LogP) is 5.42. The van der Waals surface area contributed by atoms with E-state index in [-0.39, 0.29) is 11.3 Å². The number of hydrogen-bond acceptors (Lipinski definition) is 4. The predicted molar refractivity (Wildman–Crippen MR) is 138 cm³/mol. The van der Waals surface area contributed by atoms with E-state index in [9.17, 15) is 4.79 Å². The Bertz CT molecular complexity index is 1330. The molecule has 0 saturated carbocycles. The molecule has 2 aromatic heterocycles. The van der Waals surface area contributed by atoms with Crippen molar-refractivity contribution in [2.45, 2.75) is 57.8 Å². The van der Waals surface area contributed by atoms with E-state index in [4.69, 9.17) is 0 Å². The van der Waals surface area contributed by atoms with E-state index in [1.807, 2.05) is 11.0 Å². The van der Waals surface area contributed by atoms with E-state index in [1.54, 1.807) is 0 Å². The lowest BCUT2D eigenvalue weighted by atomic mass is 9.87. The number of amides is 1. The third kappa shape index (κ3) is 4.25. The SMILES string of the molecule is CCn1c(SCC(=O)N2CCc3[nH]c4ccccc4c3C2)nnc1-c1ccc(C(C)(C)C)cc1. The summed E-state index contributed by atoms with van der Waals surface area (Å²) in [4.78, 5) is 18.6. The second-order valence-electron chi connectivity index (χ2n) is 9.86. The maximum Gasteiger partial charge on any atom is 0.233 e. The Morgan fingerprint density at radius 3 is 2.59 bits per heavy atom. The molecule has 0 unspecified atom stereocenters. The molecular weight excluding hydrogens is 442 g/mol. The average Bonchev–Trinajstić information content (AvgIpc) is 3.42. The first-order valence-corrected chi connectivity index (χ1v) is 12.9. The maximum absolute atomic E-state index is 13.1. The lowest BCUT2D eigenvalue weighted by Crippen LogP contribution is -2.36. The summed E-state index contributed by atoms with van der Waals surface area (Å²) in [5.41, 5.74) is 6.10. The summed E-state index contributed by atoms with van der Waals surface area (Å²) in [7, 11) is 0. The quantitative estimate of drug-likeness (QED) is 0.393. The van der Waals surface area contributed by atoms with Crippen LogP contribution in [0, 0.1) is 0 Å². The van der Waals surface area contributed by atoms with Gasteiger partial charge in [-0.25, -0.2) is 0 Å². The van der Waals surface area contributed by atoms with Gasteiger partial charge in [-0.2, -0.15) is 0 Å². The molecule has 7 heteroatoms. The van der Waals surface area contributed by atoms with Crippen LogP contribution in [0.4, 0.5) is 0 Å². The van der Waals surface area contributed by atoms with Crippen molar-refractivity contribution in [1.29, 1.82) is 0 Å². The molecule has 0 radical (unpaired) electrons. The van der Waals surface area contributed by atoms with Crippen molar-refractivity contribution in [3.63, 3.8) is 0 Å². The van der Waals surface area contributed by atoms with Gasteiger partial charge < -0.3 is 14.5 Å². The first-order chi connectivity index (χ1) is 16.3. The Morgan fingerprint density at radius 1 is 1.09 bits per heavy atom. The maximum atomic E-state index is 13.1. The number of thioether (sulfide) groups is 1. The topological polar surface area (TPSA) is 66.8 Å². The molecule has 1 aliphatic heterocycles. The number of carbonyl (C=O) groups is 1. The van der Waals surface area contributed by atoms with Gasteiger partial charge in [0.2, 0.25) is 5.91 Å².